The summed E-state index contributed by atoms with van der Waals surface area (Å²) in [7, 11) is 0. The molecule has 0 unspecified atom stereocenters. The quantitative estimate of drug-likeness (QED) is 0.605. The van der Waals surface area contributed by atoms with Gasteiger partial charge in [0.1, 0.15) is 0 Å². The molecule has 52 valence electrons. The Labute approximate surface area is 65.0 Å². The van der Waals surface area contributed by atoms with E-state index in [4.69, 9.17) is 0 Å². The number of hydrogen-bond donors (Lipinski definition) is 0. The fourth-order valence-corrected chi connectivity index (χ4v) is 1.63. The van der Waals surface area contributed by atoms with Gasteiger partial charge in [0.25, 0.3) is 0 Å². The maximum Gasteiger partial charge on any atom is 0.0665 e. The zero-order chi connectivity index (χ0) is 6.81. The molecule has 2 rings (SSSR count). The molecule has 0 atom stereocenters. The van der Waals surface area contributed by atoms with Crippen LogP contribution in [0.25, 0.3) is 0 Å². The monoisotopic (exact) mass is 151 g/mol. The van der Waals surface area contributed by atoms with Crippen molar-refractivity contribution in [2.75, 3.05) is 16.7 Å². The van der Waals surface area contributed by atoms with Crippen LogP contribution in [-0.4, -0.2) is 11.8 Å². The highest BCUT2D eigenvalue weighted by Gasteiger charge is 2.13. The summed E-state index contributed by atoms with van der Waals surface area (Å²) in [6.45, 7) is 0. The van der Waals surface area contributed by atoms with Crippen molar-refractivity contribution in [3.63, 3.8) is 0 Å². The first-order chi connectivity index (χ1) is 4.97. The highest BCUT2D eigenvalue weighted by molar-refractivity contribution is 8.00. The van der Waals surface area contributed by atoms with Crippen molar-refractivity contribution >= 4 is 17.4 Å². The summed E-state index contributed by atoms with van der Waals surface area (Å²) < 4.78 is 0. The molecular formula is C8H9NS. The summed E-state index contributed by atoms with van der Waals surface area (Å²) in [6.07, 6.45) is 0. The number of hydrogen-bond acceptors (Lipinski definition) is 2. The van der Waals surface area contributed by atoms with Gasteiger partial charge in [-0.15, -0.1) is 11.8 Å². The summed E-state index contributed by atoms with van der Waals surface area (Å²) in [5.41, 5.74) is 1.35. The predicted molar refractivity (Wildman–Crippen MR) is 46.2 cm³/mol. The molecule has 0 radical (unpaired) electrons. The number of thioether (sulfide) groups is 1. The van der Waals surface area contributed by atoms with Gasteiger partial charge in [-0.3, -0.25) is 0 Å². The summed E-state index contributed by atoms with van der Waals surface area (Å²) >= 11 is 1.97. The molecular weight excluding hydrogens is 142 g/mol. The van der Waals surface area contributed by atoms with Crippen molar-refractivity contribution < 1.29 is 0 Å². The van der Waals surface area contributed by atoms with Crippen molar-refractivity contribution in [3.8, 4) is 0 Å². The molecule has 0 spiro atoms. The number of anilines is 1. The van der Waals surface area contributed by atoms with Crippen LogP contribution in [0, 0.1) is 0 Å². The Morgan fingerprint density at radius 2 is 1.80 bits per heavy atom. The van der Waals surface area contributed by atoms with Crippen LogP contribution in [0.1, 0.15) is 0 Å². The Morgan fingerprint density at radius 3 is 2.30 bits per heavy atom. The highest BCUT2D eigenvalue weighted by atomic mass is 32.2. The van der Waals surface area contributed by atoms with Gasteiger partial charge in [0, 0.05) is 5.69 Å². The molecule has 1 fully saturated rings. The highest BCUT2D eigenvalue weighted by Crippen LogP contribution is 2.25. The van der Waals surface area contributed by atoms with Gasteiger partial charge in [0.2, 0.25) is 0 Å². The van der Waals surface area contributed by atoms with Crippen molar-refractivity contribution in [1.29, 1.82) is 0 Å². The van der Waals surface area contributed by atoms with E-state index in [1.807, 2.05) is 11.8 Å². The number of nitrogens with zero attached hydrogens (tertiary/aromatic N) is 1. The Morgan fingerprint density at radius 1 is 1.10 bits per heavy atom. The van der Waals surface area contributed by atoms with E-state index in [9.17, 15) is 0 Å². The van der Waals surface area contributed by atoms with Crippen molar-refractivity contribution in [1.82, 2.24) is 0 Å². The smallest absolute Gasteiger partial charge is 0.0665 e. The summed E-state index contributed by atoms with van der Waals surface area (Å²) in [4.78, 5) is 2.35. The average Bonchev–Trinajstić information content (AvgIpc) is 1.86. The van der Waals surface area contributed by atoms with Crippen LogP contribution in [0.4, 0.5) is 5.69 Å². The Hall–Kier alpha value is -0.630. The van der Waals surface area contributed by atoms with Crippen LogP contribution in [-0.2, 0) is 0 Å². The van der Waals surface area contributed by atoms with Crippen LogP contribution in [0.2, 0.25) is 0 Å². The second kappa shape index (κ2) is 2.54. The molecule has 0 bridgehead atoms. The van der Waals surface area contributed by atoms with E-state index in [2.05, 4.69) is 35.2 Å². The van der Waals surface area contributed by atoms with Gasteiger partial charge >= 0.3 is 0 Å². The zero-order valence-electron chi connectivity index (χ0n) is 5.66. The number of benzene rings is 1. The van der Waals surface area contributed by atoms with Gasteiger partial charge in [-0.05, 0) is 12.1 Å². The molecule has 0 amide bonds. The minimum absolute atomic E-state index is 1.16. The van der Waals surface area contributed by atoms with Gasteiger partial charge < -0.3 is 4.90 Å². The van der Waals surface area contributed by atoms with Gasteiger partial charge in [-0.1, -0.05) is 18.2 Å². The molecule has 10 heavy (non-hydrogen) atoms. The molecule has 0 aliphatic carbocycles. The lowest BCUT2D eigenvalue weighted by molar-refractivity contribution is 1.01. The fourth-order valence-electron chi connectivity index (χ4n) is 0.970. The van der Waals surface area contributed by atoms with E-state index in [1.165, 1.54) is 5.69 Å². The molecule has 1 aromatic rings. The van der Waals surface area contributed by atoms with Crippen LogP contribution in [0.3, 0.4) is 0 Å². The third-order valence-corrected chi connectivity index (χ3v) is 2.60. The van der Waals surface area contributed by atoms with Gasteiger partial charge in [-0.25, -0.2) is 0 Å². The van der Waals surface area contributed by atoms with Crippen LogP contribution in [0.15, 0.2) is 30.3 Å². The van der Waals surface area contributed by atoms with Crippen LogP contribution < -0.4 is 4.90 Å². The summed E-state index contributed by atoms with van der Waals surface area (Å²) in [6, 6.07) is 10.5. The maximum atomic E-state index is 2.35. The van der Waals surface area contributed by atoms with Gasteiger partial charge in [0.05, 0.1) is 11.8 Å². The molecule has 0 saturated carbocycles. The first-order valence-electron chi connectivity index (χ1n) is 3.34. The van der Waals surface area contributed by atoms with Crippen molar-refractivity contribution in [3.05, 3.63) is 30.3 Å². The largest absolute Gasteiger partial charge is 0.353 e. The Balaban J connectivity index is 2.18. The Kier molecular flexibility index (Phi) is 1.55. The molecule has 1 nitrogen and oxygen atoms in total. The van der Waals surface area contributed by atoms with E-state index in [1.54, 1.807) is 0 Å². The topological polar surface area (TPSA) is 3.24 Å². The first-order valence-corrected chi connectivity index (χ1v) is 4.50. The van der Waals surface area contributed by atoms with Crippen LogP contribution in [0.5, 0.6) is 0 Å². The molecule has 1 aromatic carbocycles. The third kappa shape index (κ3) is 0.991. The normalized spacial score (nSPS) is 16.6. The fraction of sp³-hybridized carbons (Fsp3) is 0.250. The molecule has 0 N–H and O–H groups in total. The lowest BCUT2D eigenvalue weighted by Gasteiger charge is -2.32. The summed E-state index contributed by atoms with van der Waals surface area (Å²) in [5, 5.41) is 0. The van der Waals surface area contributed by atoms with Crippen molar-refractivity contribution in [2.45, 2.75) is 0 Å². The molecule has 1 aliphatic heterocycles. The molecule has 2 heteroatoms. The summed E-state index contributed by atoms with van der Waals surface area (Å²) in [5.74, 6) is 2.31. The zero-order valence-corrected chi connectivity index (χ0v) is 6.47. The average molecular weight is 151 g/mol. The van der Waals surface area contributed by atoms with E-state index < -0.39 is 0 Å². The standard InChI is InChI=1S/C8H9NS/c1-2-4-8(5-3-1)9-6-10-7-9/h1-5H,6-7H2. The molecule has 1 saturated heterocycles. The van der Waals surface area contributed by atoms with E-state index >= 15 is 0 Å². The molecule has 1 heterocycles. The van der Waals surface area contributed by atoms with Gasteiger partial charge in [0.15, 0.2) is 0 Å². The number of rotatable bonds is 1. The lowest BCUT2D eigenvalue weighted by Crippen LogP contribution is -2.31. The second-order valence-corrected chi connectivity index (χ2v) is 3.26. The molecule has 1 aliphatic rings. The predicted octanol–water partition coefficient (Wildman–Crippen LogP) is 2.15. The SMILES string of the molecule is c1ccc(N2CSC2)cc1. The second-order valence-electron chi connectivity index (χ2n) is 2.34. The van der Waals surface area contributed by atoms with Crippen molar-refractivity contribution in [2.24, 2.45) is 0 Å². The van der Waals surface area contributed by atoms with E-state index in [-0.39, 0.29) is 0 Å². The van der Waals surface area contributed by atoms with E-state index in [0.29, 0.717) is 0 Å². The minimum atomic E-state index is 1.16. The van der Waals surface area contributed by atoms with Gasteiger partial charge in [-0.2, -0.15) is 0 Å². The van der Waals surface area contributed by atoms with Crippen LogP contribution >= 0.6 is 11.8 Å². The maximum absolute atomic E-state index is 2.35. The molecule has 0 aromatic heterocycles. The first kappa shape index (κ1) is 6.10. The third-order valence-electron chi connectivity index (χ3n) is 1.62. The lowest BCUT2D eigenvalue weighted by atomic mass is 10.3. The number of para-hydroxylation sites is 1. The van der Waals surface area contributed by atoms with E-state index in [0.717, 1.165) is 11.8 Å². The Bertz CT molecular complexity index is 206. The minimum Gasteiger partial charge on any atom is -0.353 e.